The molecule has 2 heterocycles. The zero-order chi connectivity index (χ0) is 24.3. The lowest BCUT2D eigenvalue weighted by molar-refractivity contribution is 0.0938. The van der Waals surface area contributed by atoms with Crippen molar-refractivity contribution in [2.75, 3.05) is 13.6 Å². The quantitative estimate of drug-likeness (QED) is 0.645. The number of carbonyl (C=O) groups excluding carboxylic acids is 2. The number of likely N-dealkylation sites (tertiary alicyclic amines) is 1. The van der Waals surface area contributed by atoms with Crippen LogP contribution in [0.3, 0.4) is 0 Å². The third kappa shape index (κ3) is 5.30. The number of aromatic hydroxyl groups is 1. The van der Waals surface area contributed by atoms with Crippen LogP contribution < -0.4 is 10.7 Å². The molecule has 178 valence electrons. The van der Waals surface area contributed by atoms with Gasteiger partial charge in [0.1, 0.15) is 22.9 Å². The second-order valence-electron chi connectivity index (χ2n) is 9.14. The Bertz CT molecular complexity index is 1120. The van der Waals surface area contributed by atoms with Gasteiger partial charge in [-0.3, -0.25) is 19.3 Å². The molecule has 1 fully saturated rings. The molecule has 0 radical (unpaired) electrons. The fourth-order valence-electron chi connectivity index (χ4n) is 4.38. The van der Waals surface area contributed by atoms with E-state index in [1.54, 1.807) is 0 Å². The molecule has 3 rings (SSSR count). The highest BCUT2D eigenvalue weighted by molar-refractivity contribution is 5.95. The van der Waals surface area contributed by atoms with Crippen molar-refractivity contribution in [2.45, 2.75) is 51.7 Å². The molecule has 0 unspecified atom stereocenters. The summed E-state index contributed by atoms with van der Waals surface area (Å²) in [5, 5.41) is 12.8. The molecule has 0 bridgehead atoms. The summed E-state index contributed by atoms with van der Waals surface area (Å²) < 4.78 is 28.4. The highest BCUT2D eigenvalue weighted by atomic mass is 19.1. The van der Waals surface area contributed by atoms with Crippen LogP contribution in [0.4, 0.5) is 8.78 Å². The summed E-state index contributed by atoms with van der Waals surface area (Å²) in [5.74, 6) is -2.70. The molecule has 1 amide bonds. The van der Waals surface area contributed by atoms with Gasteiger partial charge in [-0.2, -0.15) is 0 Å². The van der Waals surface area contributed by atoms with Crippen LogP contribution in [-0.2, 0) is 13.1 Å². The minimum absolute atomic E-state index is 0.0421. The van der Waals surface area contributed by atoms with E-state index >= 15 is 0 Å². The molecule has 0 aliphatic carbocycles. The summed E-state index contributed by atoms with van der Waals surface area (Å²) in [6.45, 7) is 5.09. The highest BCUT2D eigenvalue weighted by Crippen LogP contribution is 2.30. The number of pyridine rings is 1. The van der Waals surface area contributed by atoms with Gasteiger partial charge in [0.15, 0.2) is 12.0 Å². The molecule has 1 saturated heterocycles. The molecule has 2 atom stereocenters. The van der Waals surface area contributed by atoms with Crippen molar-refractivity contribution in [1.82, 2.24) is 14.8 Å². The topological polar surface area (TPSA) is 91.6 Å². The molecule has 1 aromatic heterocycles. The molecular weight excluding hydrogens is 432 g/mol. The van der Waals surface area contributed by atoms with Crippen LogP contribution in [0, 0.1) is 17.6 Å². The van der Waals surface area contributed by atoms with E-state index in [4.69, 9.17) is 0 Å². The standard InChI is InChI=1S/C24H29F2N3O4/c1-15-5-4-8-24(2,28(3)11-15)14-29-12-18(21(31)22(32)20(29)13-30)23(33)27-10-16-6-7-17(25)9-19(16)26/h6-7,9,12-13,15,32H,4-5,8,10-11,14H2,1-3H3,(H,27,33)/t15-,24+/m1/s1. The Morgan fingerprint density at radius 3 is 2.76 bits per heavy atom. The van der Waals surface area contributed by atoms with Crippen molar-refractivity contribution in [1.29, 1.82) is 0 Å². The highest BCUT2D eigenvalue weighted by Gasteiger charge is 2.34. The lowest BCUT2D eigenvalue weighted by Gasteiger charge is -2.39. The number of amides is 1. The smallest absolute Gasteiger partial charge is 0.257 e. The molecule has 2 N–H and O–H groups in total. The zero-order valence-electron chi connectivity index (χ0n) is 19.0. The molecule has 1 aliphatic heterocycles. The average Bonchev–Trinajstić information content (AvgIpc) is 2.87. The van der Waals surface area contributed by atoms with Crippen molar-refractivity contribution >= 4 is 12.2 Å². The average molecular weight is 462 g/mol. The maximum Gasteiger partial charge on any atom is 0.257 e. The van der Waals surface area contributed by atoms with E-state index in [2.05, 4.69) is 17.1 Å². The summed E-state index contributed by atoms with van der Waals surface area (Å²) in [4.78, 5) is 39.2. The Balaban J connectivity index is 1.91. The van der Waals surface area contributed by atoms with Crippen molar-refractivity contribution in [3.63, 3.8) is 0 Å². The van der Waals surface area contributed by atoms with Gasteiger partial charge in [-0.15, -0.1) is 0 Å². The SMILES string of the molecule is C[C@@H]1CCC[C@@](C)(Cn2cc(C(=O)NCc3ccc(F)cc3F)c(=O)c(O)c2C=O)N(C)C1. The van der Waals surface area contributed by atoms with Gasteiger partial charge < -0.3 is 15.0 Å². The Labute approximate surface area is 191 Å². The van der Waals surface area contributed by atoms with Gasteiger partial charge in [0.25, 0.3) is 5.91 Å². The molecule has 2 aromatic rings. The first-order chi connectivity index (χ1) is 15.6. The Kier molecular flexibility index (Phi) is 7.31. The fourth-order valence-corrected chi connectivity index (χ4v) is 4.38. The number of nitrogens with one attached hydrogen (secondary N) is 1. The summed E-state index contributed by atoms with van der Waals surface area (Å²) in [7, 11) is 2.00. The fraction of sp³-hybridized carbons (Fsp3) is 0.458. The first kappa shape index (κ1) is 24.6. The van der Waals surface area contributed by atoms with Gasteiger partial charge in [-0.1, -0.05) is 19.4 Å². The lowest BCUT2D eigenvalue weighted by atomic mass is 9.94. The maximum absolute atomic E-state index is 13.9. The first-order valence-corrected chi connectivity index (χ1v) is 10.9. The van der Waals surface area contributed by atoms with E-state index in [1.165, 1.54) is 16.8 Å². The third-order valence-corrected chi connectivity index (χ3v) is 6.54. The van der Waals surface area contributed by atoms with E-state index in [1.807, 2.05) is 14.0 Å². The van der Waals surface area contributed by atoms with Gasteiger partial charge in [0, 0.05) is 43.0 Å². The number of halogens is 2. The maximum atomic E-state index is 13.9. The van der Waals surface area contributed by atoms with E-state index in [9.17, 15) is 28.3 Å². The van der Waals surface area contributed by atoms with Crippen molar-refractivity contribution in [3.05, 3.63) is 63.1 Å². The van der Waals surface area contributed by atoms with E-state index < -0.39 is 28.7 Å². The molecule has 1 aliphatic rings. The minimum Gasteiger partial charge on any atom is -0.503 e. The normalized spacial score (nSPS) is 21.4. The molecule has 7 nitrogen and oxygen atoms in total. The lowest BCUT2D eigenvalue weighted by Crippen LogP contribution is -2.48. The van der Waals surface area contributed by atoms with E-state index in [0.717, 1.165) is 31.9 Å². The molecule has 9 heteroatoms. The van der Waals surface area contributed by atoms with Gasteiger partial charge in [-0.05, 0) is 38.8 Å². The number of benzene rings is 1. The predicted molar refractivity (Wildman–Crippen MR) is 119 cm³/mol. The summed E-state index contributed by atoms with van der Waals surface area (Å²) >= 11 is 0. The van der Waals surface area contributed by atoms with Crippen LogP contribution in [-0.4, -0.2) is 45.9 Å². The Morgan fingerprint density at radius 1 is 1.36 bits per heavy atom. The number of aldehydes is 1. The van der Waals surface area contributed by atoms with Gasteiger partial charge >= 0.3 is 0 Å². The van der Waals surface area contributed by atoms with Gasteiger partial charge in [-0.25, -0.2) is 8.78 Å². The molecular formula is C24H29F2N3O4. The van der Waals surface area contributed by atoms with Crippen LogP contribution in [0.25, 0.3) is 0 Å². The Morgan fingerprint density at radius 2 is 2.09 bits per heavy atom. The molecule has 0 spiro atoms. The van der Waals surface area contributed by atoms with Crippen LogP contribution in [0.2, 0.25) is 0 Å². The van der Waals surface area contributed by atoms with Gasteiger partial charge in [0.2, 0.25) is 5.43 Å². The number of carbonyl (C=O) groups is 2. The number of aromatic nitrogens is 1. The number of nitrogens with zero attached hydrogens (tertiary/aromatic N) is 2. The second-order valence-corrected chi connectivity index (χ2v) is 9.14. The Hall–Kier alpha value is -3.07. The number of likely N-dealkylation sites (N-methyl/N-ethyl adjacent to an activating group) is 1. The van der Waals surface area contributed by atoms with Crippen LogP contribution in [0.15, 0.2) is 29.2 Å². The number of hydrogen-bond donors (Lipinski definition) is 2. The summed E-state index contributed by atoms with van der Waals surface area (Å²) in [6, 6.07) is 2.96. The van der Waals surface area contributed by atoms with Crippen molar-refractivity contribution in [3.8, 4) is 5.75 Å². The van der Waals surface area contributed by atoms with Gasteiger partial charge in [0.05, 0.1) is 0 Å². The van der Waals surface area contributed by atoms with E-state index in [0.29, 0.717) is 18.3 Å². The molecule has 33 heavy (non-hydrogen) atoms. The van der Waals surface area contributed by atoms with Crippen LogP contribution in [0.1, 0.15) is 59.5 Å². The van der Waals surface area contributed by atoms with Crippen molar-refractivity contribution < 1.29 is 23.5 Å². The van der Waals surface area contributed by atoms with Crippen molar-refractivity contribution in [2.24, 2.45) is 5.92 Å². The third-order valence-electron chi connectivity index (χ3n) is 6.54. The van der Waals surface area contributed by atoms with Crippen LogP contribution >= 0.6 is 0 Å². The summed E-state index contributed by atoms with van der Waals surface area (Å²) in [6.07, 6.45) is 4.56. The minimum atomic E-state index is -0.988. The number of rotatable bonds is 6. The zero-order valence-corrected chi connectivity index (χ0v) is 19.0. The molecule has 0 saturated carbocycles. The second kappa shape index (κ2) is 9.82. The van der Waals surface area contributed by atoms with E-state index in [-0.39, 0.29) is 35.4 Å². The summed E-state index contributed by atoms with van der Waals surface area (Å²) in [5.41, 5.74) is -1.88. The van der Waals surface area contributed by atoms with Crippen LogP contribution in [0.5, 0.6) is 5.75 Å². The first-order valence-electron chi connectivity index (χ1n) is 10.9. The largest absolute Gasteiger partial charge is 0.503 e. The predicted octanol–water partition coefficient (Wildman–Crippen LogP) is 3.09. The number of hydrogen-bond acceptors (Lipinski definition) is 5. The monoisotopic (exact) mass is 461 g/mol. The molecule has 1 aromatic carbocycles.